The summed E-state index contributed by atoms with van der Waals surface area (Å²) in [4.78, 5) is 14.1. The van der Waals surface area contributed by atoms with Gasteiger partial charge in [0.05, 0.1) is 4.88 Å². The van der Waals surface area contributed by atoms with Gasteiger partial charge in [0.2, 0.25) is 5.78 Å². The first kappa shape index (κ1) is 11.3. The Morgan fingerprint density at radius 1 is 1.67 bits per heavy atom. The number of rotatable bonds is 2. The molecule has 1 aliphatic heterocycles. The summed E-state index contributed by atoms with van der Waals surface area (Å²) in [6.45, 7) is 4.60. The highest BCUT2D eigenvalue weighted by molar-refractivity contribution is 9.10. The van der Waals surface area contributed by atoms with Crippen molar-refractivity contribution >= 4 is 33.0 Å². The van der Waals surface area contributed by atoms with Crippen molar-refractivity contribution in [3.05, 3.63) is 20.3 Å². The zero-order valence-corrected chi connectivity index (χ0v) is 11.2. The molecule has 1 atom stereocenters. The zero-order valence-electron chi connectivity index (χ0n) is 8.80. The van der Waals surface area contributed by atoms with Crippen molar-refractivity contribution in [2.75, 3.05) is 6.61 Å². The van der Waals surface area contributed by atoms with Gasteiger partial charge < -0.3 is 4.74 Å². The van der Waals surface area contributed by atoms with Crippen LogP contribution in [0.5, 0.6) is 0 Å². The fourth-order valence-corrected chi connectivity index (χ4v) is 3.39. The van der Waals surface area contributed by atoms with Crippen LogP contribution in [0.15, 0.2) is 10.5 Å². The van der Waals surface area contributed by atoms with Crippen LogP contribution in [0.2, 0.25) is 0 Å². The summed E-state index contributed by atoms with van der Waals surface area (Å²) in [5.41, 5.74) is -0.587. The highest BCUT2D eigenvalue weighted by atomic mass is 79.9. The molecule has 4 heteroatoms. The number of aryl methyl sites for hydroxylation is 1. The Labute approximate surface area is 102 Å². The van der Waals surface area contributed by atoms with Crippen LogP contribution < -0.4 is 0 Å². The van der Waals surface area contributed by atoms with Gasteiger partial charge in [0.25, 0.3) is 0 Å². The molecule has 82 valence electrons. The van der Waals surface area contributed by atoms with E-state index in [1.165, 1.54) is 11.3 Å². The number of hydrogen-bond donors (Lipinski definition) is 0. The number of hydrogen-bond acceptors (Lipinski definition) is 3. The minimum absolute atomic E-state index is 0.124. The molecule has 1 aromatic rings. The molecule has 0 amide bonds. The third kappa shape index (κ3) is 2.03. The summed E-state index contributed by atoms with van der Waals surface area (Å²) in [6, 6.07) is 1.90. The SMILES string of the molecule is Cc1sc(C(=O)C2(C)CCCO2)cc1Br. The number of carbonyl (C=O) groups excluding carboxylic acids is 1. The summed E-state index contributed by atoms with van der Waals surface area (Å²) in [5, 5.41) is 0. The van der Waals surface area contributed by atoms with E-state index >= 15 is 0 Å². The topological polar surface area (TPSA) is 26.3 Å². The average molecular weight is 289 g/mol. The van der Waals surface area contributed by atoms with Gasteiger partial charge >= 0.3 is 0 Å². The second-order valence-corrected chi connectivity index (χ2v) is 6.14. The van der Waals surface area contributed by atoms with Gasteiger partial charge in [-0.25, -0.2) is 0 Å². The van der Waals surface area contributed by atoms with Gasteiger partial charge in [-0.1, -0.05) is 0 Å². The monoisotopic (exact) mass is 288 g/mol. The molecule has 1 aromatic heterocycles. The van der Waals surface area contributed by atoms with Gasteiger partial charge in [-0.3, -0.25) is 4.79 Å². The minimum Gasteiger partial charge on any atom is -0.367 e. The Balaban J connectivity index is 2.27. The third-order valence-electron chi connectivity index (χ3n) is 2.78. The van der Waals surface area contributed by atoms with E-state index < -0.39 is 5.60 Å². The van der Waals surface area contributed by atoms with Crippen LogP contribution in [-0.2, 0) is 4.74 Å². The second-order valence-electron chi connectivity index (χ2n) is 4.03. The molecule has 0 aliphatic carbocycles. The maximum Gasteiger partial charge on any atom is 0.204 e. The predicted molar refractivity (Wildman–Crippen MR) is 64.7 cm³/mol. The van der Waals surface area contributed by atoms with Crippen molar-refractivity contribution in [2.24, 2.45) is 0 Å². The van der Waals surface area contributed by atoms with Crippen molar-refractivity contribution in [3.8, 4) is 0 Å². The molecule has 1 unspecified atom stereocenters. The van der Waals surface area contributed by atoms with E-state index in [1.807, 2.05) is 19.9 Å². The van der Waals surface area contributed by atoms with Crippen molar-refractivity contribution in [1.82, 2.24) is 0 Å². The number of thiophene rings is 1. The number of carbonyl (C=O) groups is 1. The van der Waals surface area contributed by atoms with E-state index in [9.17, 15) is 4.79 Å². The molecule has 1 aliphatic rings. The van der Waals surface area contributed by atoms with Crippen LogP contribution in [0.1, 0.15) is 34.3 Å². The smallest absolute Gasteiger partial charge is 0.204 e. The first-order valence-electron chi connectivity index (χ1n) is 4.98. The van der Waals surface area contributed by atoms with Crippen LogP contribution >= 0.6 is 27.3 Å². The average Bonchev–Trinajstić information content (AvgIpc) is 2.75. The van der Waals surface area contributed by atoms with Gasteiger partial charge in [0.1, 0.15) is 5.60 Å². The number of ketones is 1. The quantitative estimate of drug-likeness (QED) is 0.778. The molecule has 15 heavy (non-hydrogen) atoms. The number of Topliss-reactive ketones (excluding diaryl/α,β-unsaturated/α-hetero) is 1. The molecule has 2 nitrogen and oxygen atoms in total. The first-order chi connectivity index (χ1) is 7.03. The Hall–Kier alpha value is -0.190. The van der Waals surface area contributed by atoms with Crippen LogP contribution in [0.3, 0.4) is 0 Å². The lowest BCUT2D eigenvalue weighted by molar-refractivity contribution is 0.0217. The molecule has 2 rings (SSSR count). The Morgan fingerprint density at radius 2 is 2.40 bits per heavy atom. The van der Waals surface area contributed by atoms with E-state index in [4.69, 9.17) is 4.74 Å². The van der Waals surface area contributed by atoms with Crippen molar-refractivity contribution in [1.29, 1.82) is 0 Å². The molecular weight excluding hydrogens is 276 g/mol. The van der Waals surface area contributed by atoms with E-state index in [0.29, 0.717) is 6.61 Å². The van der Waals surface area contributed by atoms with Gasteiger partial charge in [0.15, 0.2) is 0 Å². The molecule has 0 saturated carbocycles. The zero-order chi connectivity index (χ0) is 11.1. The normalized spacial score (nSPS) is 25.8. The maximum atomic E-state index is 12.2. The summed E-state index contributed by atoms with van der Waals surface area (Å²) in [5.74, 6) is 0.124. The van der Waals surface area contributed by atoms with Crippen LogP contribution in [-0.4, -0.2) is 18.0 Å². The molecular formula is C11H13BrO2S. The van der Waals surface area contributed by atoms with Crippen molar-refractivity contribution in [2.45, 2.75) is 32.3 Å². The predicted octanol–water partition coefficient (Wildman–Crippen LogP) is 3.57. The van der Waals surface area contributed by atoms with E-state index in [2.05, 4.69) is 15.9 Å². The molecule has 1 fully saturated rings. The summed E-state index contributed by atoms with van der Waals surface area (Å²) in [6.07, 6.45) is 1.81. The maximum absolute atomic E-state index is 12.2. The van der Waals surface area contributed by atoms with Crippen molar-refractivity contribution in [3.63, 3.8) is 0 Å². The molecule has 0 aromatic carbocycles. The Morgan fingerprint density at radius 3 is 2.87 bits per heavy atom. The first-order valence-corrected chi connectivity index (χ1v) is 6.58. The standard InChI is InChI=1S/C11H13BrO2S/c1-7-8(12)6-9(15-7)10(13)11(2)4-3-5-14-11/h6H,3-5H2,1-2H3. The van der Waals surface area contributed by atoms with Gasteiger partial charge in [-0.15, -0.1) is 11.3 Å². The molecule has 0 spiro atoms. The molecule has 2 heterocycles. The third-order valence-corrected chi connectivity index (χ3v) is 4.92. The fourth-order valence-electron chi connectivity index (χ4n) is 1.79. The lowest BCUT2D eigenvalue weighted by atomic mass is 9.96. The largest absolute Gasteiger partial charge is 0.367 e. The lowest BCUT2D eigenvalue weighted by Gasteiger charge is -2.20. The van der Waals surface area contributed by atoms with Gasteiger partial charge in [0, 0.05) is 16.0 Å². The highest BCUT2D eigenvalue weighted by Gasteiger charge is 2.38. The fraction of sp³-hybridized carbons (Fsp3) is 0.545. The van der Waals surface area contributed by atoms with Crippen molar-refractivity contribution < 1.29 is 9.53 Å². The number of halogens is 1. The molecule has 0 N–H and O–H groups in total. The molecule has 0 bridgehead atoms. The molecule has 1 saturated heterocycles. The van der Waals surface area contributed by atoms with E-state index in [1.54, 1.807) is 0 Å². The summed E-state index contributed by atoms with van der Waals surface area (Å²) in [7, 11) is 0. The van der Waals surface area contributed by atoms with Crippen LogP contribution in [0.4, 0.5) is 0 Å². The number of ether oxygens (including phenoxy) is 1. The minimum atomic E-state index is -0.587. The Kier molecular flexibility index (Phi) is 3.01. The summed E-state index contributed by atoms with van der Waals surface area (Å²) >= 11 is 4.96. The lowest BCUT2D eigenvalue weighted by Crippen LogP contribution is -2.33. The molecule has 0 radical (unpaired) electrons. The van der Waals surface area contributed by atoms with Crippen LogP contribution in [0.25, 0.3) is 0 Å². The van der Waals surface area contributed by atoms with E-state index in [-0.39, 0.29) is 5.78 Å². The highest BCUT2D eigenvalue weighted by Crippen LogP contribution is 2.34. The van der Waals surface area contributed by atoms with Gasteiger partial charge in [-0.05, 0) is 48.7 Å². The summed E-state index contributed by atoms with van der Waals surface area (Å²) < 4.78 is 6.56. The Bertz CT molecular complexity index is 372. The van der Waals surface area contributed by atoms with E-state index in [0.717, 1.165) is 27.1 Å². The second kappa shape index (κ2) is 4.00. The van der Waals surface area contributed by atoms with Gasteiger partial charge in [-0.2, -0.15) is 0 Å². The van der Waals surface area contributed by atoms with Crippen LogP contribution in [0, 0.1) is 6.92 Å².